The summed E-state index contributed by atoms with van der Waals surface area (Å²) in [6.07, 6.45) is 6.35. The first-order chi connectivity index (χ1) is 7.81. The van der Waals surface area contributed by atoms with Crippen molar-refractivity contribution in [2.75, 3.05) is 0 Å². The lowest BCUT2D eigenvalue weighted by Crippen LogP contribution is -2.07. The Kier molecular flexibility index (Phi) is 3.41. The molecule has 82 valence electrons. The van der Waals surface area contributed by atoms with Crippen LogP contribution in [0.2, 0.25) is 0 Å². The lowest BCUT2D eigenvalue weighted by molar-refractivity contribution is 0.0992. The molecule has 0 N–H and O–H groups in total. The van der Waals surface area contributed by atoms with Gasteiger partial charge >= 0.3 is 0 Å². The van der Waals surface area contributed by atoms with Gasteiger partial charge in [-0.15, -0.1) is 11.3 Å². The van der Waals surface area contributed by atoms with Crippen molar-refractivity contribution < 1.29 is 4.79 Å². The monoisotopic (exact) mass is 232 g/mol. The second kappa shape index (κ2) is 4.99. The molecule has 0 fully saturated rings. The number of hydrogen-bond donors (Lipinski definition) is 0. The quantitative estimate of drug-likeness (QED) is 0.761. The molecule has 2 aromatic heterocycles. The summed E-state index contributed by atoms with van der Waals surface area (Å²) in [6.45, 7) is 2.02. The molecule has 16 heavy (non-hydrogen) atoms. The van der Waals surface area contributed by atoms with Gasteiger partial charge in [0, 0.05) is 29.5 Å². The molecular formula is C12H12N2OS. The van der Waals surface area contributed by atoms with Gasteiger partial charge in [-0.05, 0) is 18.1 Å². The number of Topliss-reactive ketones (excluding diaryl/α,β-unsaturated/α-hetero) is 1. The van der Waals surface area contributed by atoms with Gasteiger partial charge in [-0.1, -0.05) is 6.92 Å². The van der Waals surface area contributed by atoms with Gasteiger partial charge in [-0.2, -0.15) is 0 Å². The number of hydrogen-bond acceptors (Lipinski definition) is 4. The van der Waals surface area contributed by atoms with Crippen LogP contribution in [0.3, 0.4) is 0 Å². The Morgan fingerprint density at radius 1 is 1.44 bits per heavy atom. The van der Waals surface area contributed by atoms with E-state index in [-0.39, 0.29) is 5.78 Å². The highest BCUT2D eigenvalue weighted by atomic mass is 32.1. The summed E-state index contributed by atoms with van der Waals surface area (Å²) >= 11 is 1.51. The first kappa shape index (κ1) is 11.0. The lowest BCUT2D eigenvalue weighted by atomic mass is 10.0. The minimum Gasteiger partial charge on any atom is -0.294 e. The highest BCUT2D eigenvalue weighted by Gasteiger charge is 2.12. The predicted octanol–water partition coefficient (Wildman–Crippen LogP) is 2.53. The summed E-state index contributed by atoms with van der Waals surface area (Å²) in [5, 5.41) is 2.75. The van der Waals surface area contributed by atoms with Crippen molar-refractivity contribution >= 4 is 17.1 Å². The number of ketones is 1. The summed E-state index contributed by atoms with van der Waals surface area (Å²) in [6, 6.07) is 1.79. The molecule has 0 aliphatic heterocycles. The highest BCUT2D eigenvalue weighted by Crippen LogP contribution is 2.13. The van der Waals surface area contributed by atoms with Crippen molar-refractivity contribution in [3.05, 3.63) is 46.2 Å². The topological polar surface area (TPSA) is 42.9 Å². The van der Waals surface area contributed by atoms with E-state index >= 15 is 0 Å². The molecule has 3 nitrogen and oxygen atoms in total. The van der Waals surface area contributed by atoms with Crippen molar-refractivity contribution in [3.8, 4) is 0 Å². The largest absolute Gasteiger partial charge is 0.294 e. The third-order valence-corrected chi connectivity index (χ3v) is 3.16. The highest BCUT2D eigenvalue weighted by molar-refractivity contribution is 7.09. The van der Waals surface area contributed by atoms with E-state index in [0.29, 0.717) is 6.42 Å². The number of aryl methyl sites for hydroxylation is 1. The summed E-state index contributed by atoms with van der Waals surface area (Å²) in [4.78, 5) is 20.2. The van der Waals surface area contributed by atoms with E-state index in [9.17, 15) is 4.79 Å². The molecule has 0 radical (unpaired) electrons. The molecule has 0 saturated carbocycles. The van der Waals surface area contributed by atoms with Gasteiger partial charge in [0.2, 0.25) is 0 Å². The summed E-state index contributed by atoms with van der Waals surface area (Å²) in [7, 11) is 0. The van der Waals surface area contributed by atoms with Crippen molar-refractivity contribution in [1.82, 2.24) is 9.97 Å². The number of thiazole rings is 1. The van der Waals surface area contributed by atoms with Gasteiger partial charge in [-0.25, -0.2) is 4.98 Å². The van der Waals surface area contributed by atoms with E-state index in [1.807, 2.05) is 12.3 Å². The van der Waals surface area contributed by atoms with E-state index in [2.05, 4.69) is 9.97 Å². The Morgan fingerprint density at radius 3 is 3.00 bits per heavy atom. The zero-order valence-corrected chi connectivity index (χ0v) is 9.83. The third kappa shape index (κ3) is 2.33. The fourth-order valence-electron chi connectivity index (χ4n) is 1.55. The van der Waals surface area contributed by atoms with Crippen LogP contribution in [0.4, 0.5) is 0 Å². The number of aromatic nitrogens is 2. The van der Waals surface area contributed by atoms with Crippen molar-refractivity contribution in [2.45, 2.75) is 19.8 Å². The Hall–Kier alpha value is -1.55. The molecule has 0 aliphatic rings. The van der Waals surface area contributed by atoms with E-state index in [1.54, 1.807) is 24.7 Å². The van der Waals surface area contributed by atoms with Crippen LogP contribution in [0.15, 0.2) is 30.0 Å². The average molecular weight is 232 g/mol. The number of nitrogens with zero attached hydrogens (tertiary/aromatic N) is 2. The van der Waals surface area contributed by atoms with Crippen LogP contribution in [0.25, 0.3) is 0 Å². The SMILES string of the molecule is CCc1cnccc1C(=O)Cc1nccs1. The van der Waals surface area contributed by atoms with Gasteiger partial charge in [0.25, 0.3) is 0 Å². The molecule has 0 aromatic carbocycles. The summed E-state index contributed by atoms with van der Waals surface area (Å²) in [5.74, 6) is 0.120. The first-order valence-electron chi connectivity index (χ1n) is 5.15. The molecule has 2 rings (SSSR count). The predicted molar refractivity (Wildman–Crippen MR) is 63.8 cm³/mol. The lowest BCUT2D eigenvalue weighted by Gasteiger charge is -2.04. The van der Waals surface area contributed by atoms with Crippen molar-refractivity contribution in [2.24, 2.45) is 0 Å². The van der Waals surface area contributed by atoms with E-state index < -0.39 is 0 Å². The maximum absolute atomic E-state index is 12.0. The fraction of sp³-hybridized carbons (Fsp3) is 0.250. The molecule has 0 amide bonds. The maximum atomic E-state index is 12.0. The third-order valence-electron chi connectivity index (χ3n) is 2.38. The minimum absolute atomic E-state index is 0.120. The van der Waals surface area contributed by atoms with Crippen LogP contribution in [0, 0.1) is 0 Å². The summed E-state index contributed by atoms with van der Waals surface area (Å²) in [5.41, 5.74) is 1.77. The Morgan fingerprint density at radius 2 is 2.31 bits per heavy atom. The Balaban J connectivity index is 2.21. The van der Waals surface area contributed by atoms with Gasteiger partial charge in [0.05, 0.1) is 6.42 Å². The van der Waals surface area contributed by atoms with Crippen LogP contribution < -0.4 is 0 Å². The molecule has 2 aromatic rings. The molecule has 0 spiro atoms. The summed E-state index contributed by atoms with van der Waals surface area (Å²) < 4.78 is 0. The van der Waals surface area contributed by atoms with E-state index in [1.165, 1.54) is 11.3 Å². The Bertz CT molecular complexity index is 480. The van der Waals surface area contributed by atoms with Crippen molar-refractivity contribution in [1.29, 1.82) is 0 Å². The molecule has 0 aliphatic carbocycles. The first-order valence-corrected chi connectivity index (χ1v) is 6.03. The van der Waals surface area contributed by atoms with E-state index in [0.717, 1.165) is 22.6 Å². The van der Waals surface area contributed by atoms with Crippen LogP contribution in [0.5, 0.6) is 0 Å². The molecule has 4 heteroatoms. The Labute approximate surface area is 98.2 Å². The zero-order chi connectivity index (χ0) is 11.4. The van der Waals surface area contributed by atoms with Gasteiger partial charge in [0.1, 0.15) is 5.01 Å². The van der Waals surface area contributed by atoms with Crippen molar-refractivity contribution in [3.63, 3.8) is 0 Å². The maximum Gasteiger partial charge on any atom is 0.170 e. The van der Waals surface area contributed by atoms with Gasteiger partial charge in [-0.3, -0.25) is 9.78 Å². The molecule has 0 bridgehead atoms. The van der Waals surface area contributed by atoms with Gasteiger partial charge in [0.15, 0.2) is 5.78 Å². The molecule has 0 saturated heterocycles. The van der Waals surface area contributed by atoms with Crippen LogP contribution >= 0.6 is 11.3 Å². The number of pyridine rings is 1. The van der Waals surface area contributed by atoms with Crippen LogP contribution in [0.1, 0.15) is 27.9 Å². The second-order valence-corrected chi connectivity index (χ2v) is 4.39. The fourth-order valence-corrected chi connectivity index (χ4v) is 2.17. The zero-order valence-electron chi connectivity index (χ0n) is 9.01. The molecule has 0 atom stereocenters. The second-order valence-electron chi connectivity index (χ2n) is 3.41. The van der Waals surface area contributed by atoms with E-state index in [4.69, 9.17) is 0 Å². The minimum atomic E-state index is 0.120. The normalized spacial score (nSPS) is 10.3. The molecule has 0 unspecified atom stereocenters. The molecular weight excluding hydrogens is 220 g/mol. The van der Waals surface area contributed by atoms with Crippen LogP contribution in [-0.2, 0) is 12.8 Å². The van der Waals surface area contributed by atoms with Crippen LogP contribution in [-0.4, -0.2) is 15.8 Å². The number of carbonyl (C=O) groups excluding carboxylic acids is 1. The number of rotatable bonds is 4. The number of carbonyl (C=O) groups is 1. The van der Waals surface area contributed by atoms with Gasteiger partial charge < -0.3 is 0 Å². The molecule has 2 heterocycles. The average Bonchev–Trinajstić information content (AvgIpc) is 2.81. The standard InChI is InChI=1S/C12H12N2OS/c1-2-9-8-13-4-3-10(9)11(15)7-12-14-5-6-16-12/h3-6,8H,2,7H2,1H3. The smallest absolute Gasteiger partial charge is 0.170 e.